The molecule has 6 nitrogen and oxygen atoms in total. The monoisotopic (exact) mass is 425 g/mol. The standard InChI is InChI=1S/C23H31N5OS/c1-24-23(25-17-19-6-4-7-20(16-19)27-9-2-3-10-27)26-18-21(22-8-5-15-30-22)28-11-13-29-14-12-28/h2-8,15-16,21H,9-14,17-18H2,1H3,(H2,24,25,26). The maximum atomic E-state index is 5.55. The zero-order valence-electron chi connectivity index (χ0n) is 17.6. The fourth-order valence-corrected chi connectivity index (χ4v) is 4.79. The first-order valence-corrected chi connectivity index (χ1v) is 11.5. The van der Waals surface area contributed by atoms with Gasteiger partial charge in [-0.05, 0) is 29.1 Å². The molecule has 2 aromatic rings. The summed E-state index contributed by atoms with van der Waals surface area (Å²) in [5.41, 5.74) is 2.53. The highest BCUT2D eigenvalue weighted by Gasteiger charge is 2.23. The van der Waals surface area contributed by atoms with Crippen LogP contribution in [0.5, 0.6) is 0 Å². The van der Waals surface area contributed by atoms with Gasteiger partial charge in [-0.3, -0.25) is 9.89 Å². The van der Waals surface area contributed by atoms with Gasteiger partial charge in [0, 0.05) is 56.9 Å². The van der Waals surface area contributed by atoms with E-state index in [-0.39, 0.29) is 0 Å². The maximum absolute atomic E-state index is 5.55. The van der Waals surface area contributed by atoms with Gasteiger partial charge in [0.1, 0.15) is 0 Å². The molecule has 7 heteroatoms. The Bertz CT molecular complexity index is 837. The highest BCUT2D eigenvalue weighted by Crippen LogP contribution is 2.25. The minimum absolute atomic E-state index is 0.332. The van der Waals surface area contributed by atoms with E-state index in [1.54, 1.807) is 0 Å². The van der Waals surface area contributed by atoms with Crippen LogP contribution in [0, 0.1) is 0 Å². The van der Waals surface area contributed by atoms with E-state index < -0.39 is 0 Å². The van der Waals surface area contributed by atoms with Crippen molar-refractivity contribution in [2.75, 3.05) is 57.9 Å². The molecular formula is C23H31N5OS. The molecule has 4 rings (SSSR count). The minimum Gasteiger partial charge on any atom is -0.379 e. The van der Waals surface area contributed by atoms with Crippen LogP contribution < -0.4 is 15.5 Å². The van der Waals surface area contributed by atoms with Gasteiger partial charge < -0.3 is 20.3 Å². The molecule has 1 saturated heterocycles. The van der Waals surface area contributed by atoms with E-state index in [1.165, 1.54) is 16.1 Å². The molecule has 160 valence electrons. The molecule has 1 unspecified atom stereocenters. The summed E-state index contributed by atoms with van der Waals surface area (Å²) >= 11 is 1.82. The Morgan fingerprint density at radius 1 is 1.13 bits per heavy atom. The highest BCUT2D eigenvalue weighted by molar-refractivity contribution is 7.10. The first-order chi connectivity index (χ1) is 14.8. The van der Waals surface area contributed by atoms with E-state index in [9.17, 15) is 0 Å². The summed E-state index contributed by atoms with van der Waals surface area (Å²) < 4.78 is 5.55. The van der Waals surface area contributed by atoms with Crippen LogP contribution in [0.4, 0.5) is 5.69 Å². The van der Waals surface area contributed by atoms with Crippen molar-refractivity contribution in [3.05, 3.63) is 64.4 Å². The van der Waals surface area contributed by atoms with Crippen LogP contribution in [0.3, 0.4) is 0 Å². The predicted octanol–water partition coefficient (Wildman–Crippen LogP) is 2.86. The lowest BCUT2D eigenvalue weighted by atomic mass is 10.2. The van der Waals surface area contributed by atoms with Crippen LogP contribution in [0.1, 0.15) is 16.5 Å². The van der Waals surface area contributed by atoms with Crippen LogP contribution in [0.2, 0.25) is 0 Å². The Balaban J connectivity index is 1.33. The van der Waals surface area contributed by atoms with Crippen LogP contribution >= 0.6 is 11.3 Å². The summed E-state index contributed by atoms with van der Waals surface area (Å²) in [6.07, 6.45) is 4.43. The van der Waals surface area contributed by atoms with Gasteiger partial charge in [-0.25, -0.2) is 0 Å². The van der Waals surface area contributed by atoms with E-state index in [0.717, 1.165) is 58.4 Å². The number of guanidine groups is 1. The summed E-state index contributed by atoms with van der Waals surface area (Å²) in [5, 5.41) is 9.16. The van der Waals surface area contributed by atoms with Gasteiger partial charge in [0.05, 0.1) is 19.3 Å². The van der Waals surface area contributed by atoms with Crippen molar-refractivity contribution < 1.29 is 4.74 Å². The Hall–Kier alpha value is -2.35. The van der Waals surface area contributed by atoms with Gasteiger partial charge >= 0.3 is 0 Å². The smallest absolute Gasteiger partial charge is 0.191 e. The first kappa shape index (κ1) is 20.9. The maximum Gasteiger partial charge on any atom is 0.191 e. The Labute approximate surface area is 183 Å². The molecule has 2 aliphatic heterocycles. The third kappa shape index (κ3) is 5.41. The number of hydrogen-bond donors (Lipinski definition) is 2. The van der Waals surface area contributed by atoms with Crippen LogP contribution in [0.25, 0.3) is 0 Å². The third-order valence-corrected chi connectivity index (χ3v) is 6.57. The molecule has 1 aromatic carbocycles. The molecule has 30 heavy (non-hydrogen) atoms. The topological polar surface area (TPSA) is 52.1 Å². The molecule has 0 radical (unpaired) electrons. The molecule has 3 heterocycles. The molecule has 0 spiro atoms. The van der Waals surface area contributed by atoms with Crippen molar-refractivity contribution in [3.63, 3.8) is 0 Å². The molecule has 0 bridgehead atoms. The quantitative estimate of drug-likeness (QED) is 0.406. The number of anilines is 1. The average molecular weight is 426 g/mol. The second-order valence-corrected chi connectivity index (χ2v) is 8.51. The summed E-state index contributed by atoms with van der Waals surface area (Å²) in [7, 11) is 1.83. The molecule has 2 N–H and O–H groups in total. The van der Waals surface area contributed by atoms with E-state index in [0.29, 0.717) is 6.04 Å². The number of nitrogens with one attached hydrogen (secondary N) is 2. The van der Waals surface area contributed by atoms with Crippen molar-refractivity contribution in [1.82, 2.24) is 15.5 Å². The molecule has 0 saturated carbocycles. The number of benzene rings is 1. The molecule has 1 atom stereocenters. The van der Waals surface area contributed by atoms with Crippen LogP contribution in [0.15, 0.2) is 58.9 Å². The SMILES string of the molecule is CN=C(NCc1cccc(N2CC=CC2)c1)NCC(c1cccs1)N1CCOCC1. The molecule has 0 aliphatic carbocycles. The average Bonchev–Trinajstić information content (AvgIpc) is 3.52. The summed E-state index contributed by atoms with van der Waals surface area (Å²) in [5.74, 6) is 0.832. The number of nitrogens with zero attached hydrogens (tertiary/aromatic N) is 3. The number of aliphatic imine (C=N–C) groups is 1. The first-order valence-electron chi connectivity index (χ1n) is 10.6. The second-order valence-electron chi connectivity index (χ2n) is 7.53. The molecule has 0 amide bonds. The van der Waals surface area contributed by atoms with Crippen molar-refractivity contribution in [2.45, 2.75) is 12.6 Å². The predicted molar refractivity (Wildman–Crippen MR) is 125 cm³/mol. The van der Waals surface area contributed by atoms with E-state index >= 15 is 0 Å². The summed E-state index contributed by atoms with van der Waals surface area (Å²) in [6, 6.07) is 13.4. The number of morpholine rings is 1. The van der Waals surface area contributed by atoms with Gasteiger partial charge in [0.2, 0.25) is 0 Å². The number of rotatable bonds is 7. The Kier molecular flexibility index (Phi) is 7.39. The Morgan fingerprint density at radius 2 is 1.97 bits per heavy atom. The Morgan fingerprint density at radius 3 is 2.70 bits per heavy atom. The number of hydrogen-bond acceptors (Lipinski definition) is 5. The lowest BCUT2D eigenvalue weighted by Gasteiger charge is -2.34. The normalized spacial score (nSPS) is 18.6. The van der Waals surface area contributed by atoms with Crippen molar-refractivity contribution in [3.8, 4) is 0 Å². The number of thiophene rings is 1. The van der Waals surface area contributed by atoms with Crippen molar-refractivity contribution in [2.24, 2.45) is 4.99 Å². The van der Waals surface area contributed by atoms with Gasteiger partial charge in [-0.1, -0.05) is 30.4 Å². The van der Waals surface area contributed by atoms with Crippen LogP contribution in [-0.4, -0.2) is 63.8 Å². The lowest BCUT2D eigenvalue weighted by Crippen LogP contribution is -2.46. The number of ether oxygens (including phenoxy) is 1. The fourth-order valence-electron chi connectivity index (χ4n) is 3.93. The van der Waals surface area contributed by atoms with E-state index in [2.05, 4.69) is 79.4 Å². The van der Waals surface area contributed by atoms with Gasteiger partial charge in [0.25, 0.3) is 0 Å². The molecular weight excluding hydrogens is 394 g/mol. The van der Waals surface area contributed by atoms with Gasteiger partial charge in [-0.2, -0.15) is 0 Å². The van der Waals surface area contributed by atoms with Gasteiger partial charge in [0.15, 0.2) is 5.96 Å². The molecule has 2 aliphatic rings. The summed E-state index contributed by atoms with van der Waals surface area (Å²) in [4.78, 5) is 10.7. The molecule has 1 fully saturated rings. The van der Waals surface area contributed by atoms with E-state index in [1.807, 2.05) is 18.4 Å². The summed E-state index contributed by atoms with van der Waals surface area (Å²) in [6.45, 7) is 7.09. The largest absolute Gasteiger partial charge is 0.379 e. The fraction of sp³-hybridized carbons (Fsp3) is 0.435. The van der Waals surface area contributed by atoms with Crippen LogP contribution in [-0.2, 0) is 11.3 Å². The zero-order chi connectivity index (χ0) is 20.6. The second kappa shape index (κ2) is 10.6. The highest BCUT2D eigenvalue weighted by atomic mass is 32.1. The van der Waals surface area contributed by atoms with Crippen molar-refractivity contribution >= 4 is 23.0 Å². The van der Waals surface area contributed by atoms with Gasteiger partial charge in [-0.15, -0.1) is 11.3 Å². The zero-order valence-corrected chi connectivity index (χ0v) is 18.4. The lowest BCUT2D eigenvalue weighted by molar-refractivity contribution is 0.0177. The minimum atomic E-state index is 0.332. The third-order valence-electron chi connectivity index (χ3n) is 5.60. The molecule has 1 aromatic heterocycles. The van der Waals surface area contributed by atoms with Crippen molar-refractivity contribution in [1.29, 1.82) is 0 Å². The van der Waals surface area contributed by atoms with E-state index in [4.69, 9.17) is 4.74 Å².